The standard InChI is InChI=1S/C29H38F2N4O3S/c1-20(21-5-3-2-4-6-21)19-34(15-12-25(32)37)17-18-35(23-9-13-29(30,31)14-10-23)16-11-22-7-8-24(36)26-27(22)39-28(38)33-26/h2-8,20,23,36H,9-19H2,1H3,(H2,32,37)(H,33,38). The van der Waals surface area contributed by atoms with Crippen molar-refractivity contribution in [1.82, 2.24) is 14.8 Å². The molecule has 1 fully saturated rings. The molecule has 1 amide bonds. The summed E-state index contributed by atoms with van der Waals surface area (Å²) in [6.07, 6.45) is 1.50. The molecule has 3 aromatic rings. The van der Waals surface area contributed by atoms with Crippen molar-refractivity contribution < 1.29 is 18.7 Å². The minimum Gasteiger partial charge on any atom is -0.506 e. The lowest BCUT2D eigenvalue weighted by molar-refractivity contribution is -0.118. The Hall–Kier alpha value is -2.82. The second-order valence-electron chi connectivity index (χ2n) is 10.7. The monoisotopic (exact) mass is 560 g/mol. The van der Waals surface area contributed by atoms with E-state index in [-0.39, 0.29) is 47.8 Å². The van der Waals surface area contributed by atoms with Gasteiger partial charge in [-0.15, -0.1) is 0 Å². The summed E-state index contributed by atoms with van der Waals surface area (Å²) in [5.41, 5.74) is 8.07. The topological polar surface area (TPSA) is 103 Å². The maximum atomic E-state index is 14.0. The number of primary amides is 1. The van der Waals surface area contributed by atoms with Gasteiger partial charge in [0.1, 0.15) is 11.3 Å². The molecular weight excluding hydrogens is 522 g/mol. The number of hydrogen-bond donors (Lipinski definition) is 3. The number of benzene rings is 2. The highest BCUT2D eigenvalue weighted by atomic mass is 32.1. The number of carbonyl (C=O) groups is 1. The third kappa shape index (κ3) is 8.09. The lowest BCUT2D eigenvalue weighted by Crippen LogP contribution is -2.46. The van der Waals surface area contributed by atoms with Gasteiger partial charge in [0.15, 0.2) is 0 Å². The lowest BCUT2D eigenvalue weighted by Gasteiger charge is -2.38. The Bertz CT molecular complexity index is 1290. The molecular formula is C29H38F2N4O3S. The molecule has 4 rings (SSSR count). The molecule has 1 heterocycles. The van der Waals surface area contributed by atoms with E-state index in [1.165, 1.54) is 5.56 Å². The molecule has 1 atom stereocenters. The molecule has 212 valence electrons. The number of thiazole rings is 1. The van der Waals surface area contributed by atoms with Crippen molar-refractivity contribution in [2.24, 2.45) is 5.73 Å². The highest BCUT2D eigenvalue weighted by molar-refractivity contribution is 7.16. The van der Waals surface area contributed by atoms with Crippen LogP contribution in [0.15, 0.2) is 47.3 Å². The summed E-state index contributed by atoms with van der Waals surface area (Å²) >= 11 is 1.07. The summed E-state index contributed by atoms with van der Waals surface area (Å²) in [7, 11) is 0. The fourth-order valence-electron chi connectivity index (χ4n) is 5.51. The van der Waals surface area contributed by atoms with Gasteiger partial charge in [0.25, 0.3) is 0 Å². The second-order valence-corrected chi connectivity index (χ2v) is 11.6. The third-order valence-corrected chi connectivity index (χ3v) is 8.75. The molecule has 0 bridgehead atoms. The molecule has 39 heavy (non-hydrogen) atoms. The maximum absolute atomic E-state index is 14.0. The van der Waals surface area contributed by atoms with Crippen LogP contribution in [0.3, 0.4) is 0 Å². The Labute approximate surface area is 231 Å². The number of phenolic OH excluding ortho intramolecular Hbond substituents is 1. The van der Waals surface area contributed by atoms with Crippen LogP contribution in [0.1, 0.15) is 56.1 Å². The first-order valence-electron chi connectivity index (χ1n) is 13.6. The summed E-state index contributed by atoms with van der Waals surface area (Å²) in [5.74, 6) is -2.67. The molecule has 0 aliphatic heterocycles. The van der Waals surface area contributed by atoms with E-state index in [0.717, 1.165) is 28.1 Å². The first-order chi connectivity index (χ1) is 18.6. The largest absolute Gasteiger partial charge is 0.506 e. The van der Waals surface area contributed by atoms with E-state index >= 15 is 0 Å². The van der Waals surface area contributed by atoms with E-state index in [1.807, 2.05) is 24.3 Å². The lowest BCUT2D eigenvalue weighted by atomic mass is 9.91. The summed E-state index contributed by atoms with van der Waals surface area (Å²) < 4.78 is 28.7. The van der Waals surface area contributed by atoms with Crippen LogP contribution < -0.4 is 10.6 Å². The number of halogens is 2. The maximum Gasteiger partial charge on any atom is 0.305 e. The van der Waals surface area contributed by atoms with Gasteiger partial charge in [-0.3, -0.25) is 14.5 Å². The zero-order valence-electron chi connectivity index (χ0n) is 22.4. The molecule has 2 aromatic carbocycles. The Balaban J connectivity index is 1.48. The number of alkyl halides is 2. The van der Waals surface area contributed by atoms with E-state index in [0.29, 0.717) is 51.0 Å². The van der Waals surface area contributed by atoms with E-state index in [9.17, 15) is 23.5 Å². The molecule has 1 aliphatic carbocycles. The van der Waals surface area contributed by atoms with E-state index < -0.39 is 5.92 Å². The van der Waals surface area contributed by atoms with Gasteiger partial charge in [0.05, 0.1) is 4.70 Å². The van der Waals surface area contributed by atoms with Crippen LogP contribution in [0.2, 0.25) is 0 Å². The smallest absolute Gasteiger partial charge is 0.305 e. The Morgan fingerprint density at radius 3 is 2.54 bits per heavy atom. The number of aromatic amines is 1. The summed E-state index contributed by atoms with van der Waals surface area (Å²) in [6, 6.07) is 13.7. The van der Waals surface area contributed by atoms with Crippen molar-refractivity contribution >= 4 is 27.5 Å². The number of phenols is 1. The molecule has 1 unspecified atom stereocenters. The Morgan fingerprint density at radius 2 is 1.85 bits per heavy atom. The number of nitrogens with one attached hydrogen (secondary N) is 1. The predicted molar refractivity (Wildman–Crippen MR) is 152 cm³/mol. The van der Waals surface area contributed by atoms with E-state index in [2.05, 4.69) is 33.8 Å². The average molecular weight is 561 g/mol. The number of fused-ring (bicyclic) bond motifs is 1. The number of amides is 1. The second kappa shape index (κ2) is 13.0. The SMILES string of the molecule is CC(CN(CCC(N)=O)CCN(CCc1ccc(O)c2[nH]c(=O)sc12)C1CCC(F)(F)CC1)c1ccccc1. The Morgan fingerprint density at radius 1 is 1.13 bits per heavy atom. The van der Waals surface area contributed by atoms with Crippen LogP contribution in [0.5, 0.6) is 5.75 Å². The number of hydrogen-bond acceptors (Lipinski definition) is 6. The van der Waals surface area contributed by atoms with Crippen LogP contribution in [-0.4, -0.2) is 70.5 Å². The van der Waals surface area contributed by atoms with Crippen molar-refractivity contribution in [2.45, 2.75) is 63.3 Å². The number of nitrogens with zero attached hydrogens (tertiary/aromatic N) is 2. The van der Waals surface area contributed by atoms with Crippen LogP contribution in [0.25, 0.3) is 10.2 Å². The van der Waals surface area contributed by atoms with Crippen molar-refractivity contribution in [3.05, 3.63) is 63.3 Å². The summed E-state index contributed by atoms with van der Waals surface area (Å²) in [5, 5.41) is 10.1. The zero-order chi connectivity index (χ0) is 28.0. The number of rotatable bonds is 13. The number of nitrogens with two attached hydrogens (primary N) is 1. The summed E-state index contributed by atoms with van der Waals surface area (Å²) in [6.45, 7) is 5.44. The van der Waals surface area contributed by atoms with E-state index in [4.69, 9.17) is 5.73 Å². The van der Waals surface area contributed by atoms with Gasteiger partial charge in [-0.05, 0) is 42.4 Å². The first-order valence-corrected chi connectivity index (χ1v) is 14.4. The van der Waals surface area contributed by atoms with Crippen LogP contribution >= 0.6 is 11.3 Å². The normalized spacial score (nSPS) is 16.7. The fourth-order valence-corrected chi connectivity index (χ4v) is 6.41. The number of carbonyl (C=O) groups excluding carboxylic acids is 1. The van der Waals surface area contributed by atoms with Crippen LogP contribution in [0, 0.1) is 0 Å². The highest BCUT2D eigenvalue weighted by Crippen LogP contribution is 2.35. The van der Waals surface area contributed by atoms with Gasteiger partial charge in [-0.1, -0.05) is 54.7 Å². The van der Waals surface area contributed by atoms with Gasteiger partial charge in [-0.25, -0.2) is 8.78 Å². The minimum absolute atomic E-state index is 0.0340. The van der Waals surface area contributed by atoms with Gasteiger partial charge < -0.3 is 20.7 Å². The fraction of sp³-hybridized carbons (Fsp3) is 0.517. The third-order valence-electron chi connectivity index (χ3n) is 7.79. The van der Waals surface area contributed by atoms with Crippen molar-refractivity contribution in [1.29, 1.82) is 0 Å². The quantitative estimate of drug-likeness (QED) is 0.281. The number of aromatic nitrogens is 1. The van der Waals surface area contributed by atoms with Crippen molar-refractivity contribution in [2.75, 3.05) is 32.7 Å². The van der Waals surface area contributed by atoms with Crippen molar-refractivity contribution in [3.63, 3.8) is 0 Å². The minimum atomic E-state index is -2.61. The Kier molecular flexibility index (Phi) is 9.74. The van der Waals surface area contributed by atoms with Crippen LogP contribution in [-0.2, 0) is 11.2 Å². The molecule has 0 saturated heterocycles. The van der Waals surface area contributed by atoms with Crippen LogP contribution in [0.4, 0.5) is 8.78 Å². The molecule has 1 aliphatic rings. The molecule has 0 spiro atoms. The first kappa shape index (κ1) is 29.2. The van der Waals surface area contributed by atoms with Gasteiger partial charge in [0.2, 0.25) is 11.8 Å². The number of H-pyrrole nitrogens is 1. The molecule has 1 saturated carbocycles. The molecule has 10 heteroatoms. The molecule has 0 radical (unpaired) electrons. The van der Waals surface area contributed by atoms with Gasteiger partial charge in [0, 0.05) is 58.0 Å². The van der Waals surface area contributed by atoms with Crippen molar-refractivity contribution in [3.8, 4) is 5.75 Å². The average Bonchev–Trinajstić information content (AvgIpc) is 3.31. The van der Waals surface area contributed by atoms with Gasteiger partial charge >= 0.3 is 4.87 Å². The van der Waals surface area contributed by atoms with E-state index in [1.54, 1.807) is 6.07 Å². The zero-order valence-corrected chi connectivity index (χ0v) is 23.2. The van der Waals surface area contributed by atoms with Gasteiger partial charge in [-0.2, -0.15) is 0 Å². The highest BCUT2D eigenvalue weighted by Gasteiger charge is 2.37. The number of aromatic hydroxyl groups is 1. The predicted octanol–water partition coefficient (Wildman–Crippen LogP) is 4.70. The summed E-state index contributed by atoms with van der Waals surface area (Å²) in [4.78, 5) is 30.5. The molecule has 1 aromatic heterocycles. The molecule has 4 N–H and O–H groups in total. The molecule has 7 nitrogen and oxygen atoms in total.